The minimum absolute atomic E-state index is 0.0472. The Kier molecular flexibility index (Phi) is 5.19. The molecule has 13 heavy (non-hydrogen) atoms. The van der Waals surface area contributed by atoms with Crippen LogP contribution in [0.3, 0.4) is 0 Å². The van der Waals surface area contributed by atoms with Crippen LogP contribution in [-0.4, -0.2) is 31.5 Å². The van der Waals surface area contributed by atoms with Crippen LogP contribution in [0.4, 0.5) is 0 Å². The van der Waals surface area contributed by atoms with E-state index in [0.717, 1.165) is 0 Å². The lowest BCUT2D eigenvalue weighted by Gasteiger charge is -2.17. The lowest BCUT2D eigenvalue weighted by molar-refractivity contribution is -0.132. The highest BCUT2D eigenvalue weighted by Gasteiger charge is 2.15. The molecule has 0 bridgehead atoms. The number of allylic oxidation sites excluding steroid dienone is 1. The van der Waals surface area contributed by atoms with E-state index < -0.39 is 0 Å². The number of ether oxygens (including phenoxy) is 1. The van der Waals surface area contributed by atoms with Crippen molar-refractivity contribution in [2.75, 3.05) is 20.7 Å². The zero-order chi connectivity index (χ0) is 10.4. The fourth-order valence-electron chi connectivity index (χ4n) is 1.13. The van der Waals surface area contributed by atoms with Crippen molar-refractivity contribution in [2.24, 2.45) is 5.92 Å². The molecule has 1 unspecified atom stereocenters. The van der Waals surface area contributed by atoms with Crippen LogP contribution in [0.5, 0.6) is 0 Å². The van der Waals surface area contributed by atoms with E-state index in [1.165, 1.54) is 0 Å². The summed E-state index contributed by atoms with van der Waals surface area (Å²) in [6.45, 7) is 8.13. The predicted molar refractivity (Wildman–Crippen MR) is 53.2 cm³/mol. The van der Waals surface area contributed by atoms with Crippen molar-refractivity contribution in [3.05, 3.63) is 12.3 Å². The summed E-state index contributed by atoms with van der Waals surface area (Å²) in [5, 5.41) is 0. The summed E-state index contributed by atoms with van der Waals surface area (Å²) in [6, 6.07) is 0. The minimum Gasteiger partial charge on any atom is -0.499 e. The van der Waals surface area contributed by atoms with Crippen LogP contribution in [0.15, 0.2) is 12.3 Å². The number of hydrogen-bond acceptors (Lipinski definition) is 2. The van der Waals surface area contributed by atoms with E-state index >= 15 is 0 Å². The molecule has 0 spiro atoms. The zero-order valence-corrected chi connectivity index (χ0v) is 8.96. The van der Waals surface area contributed by atoms with E-state index in [1.807, 2.05) is 13.8 Å². The van der Waals surface area contributed by atoms with Gasteiger partial charge in [0.15, 0.2) is 0 Å². The Morgan fingerprint density at radius 3 is 2.46 bits per heavy atom. The van der Waals surface area contributed by atoms with Gasteiger partial charge in [0.2, 0.25) is 5.91 Å². The molecular formula is C10H19NO2. The number of carbonyl (C=O) groups is 1. The SMILES string of the molecule is C=C(CC(C)C(=O)N(C)C)OCC. The minimum atomic E-state index is -0.0472. The molecule has 0 aliphatic heterocycles. The molecule has 1 amide bonds. The monoisotopic (exact) mass is 185 g/mol. The van der Waals surface area contributed by atoms with Gasteiger partial charge in [-0.3, -0.25) is 4.79 Å². The fourth-order valence-corrected chi connectivity index (χ4v) is 1.13. The highest BCUT2D eigenvalue weighted by atomic mass is 16.5. The van der Waals surface area contributed by atoms with Crippen molar-refractivity contribution in [3.63, 3.8) is 0 Å². The first-order valence-electron chi connectivity index (χ1n) is 4.50. The van der Waals surface area contributed by atoms with Crippen LogP contribution in [0, 0.1) is 5.92 Å². The van der Waals surface area contributed by atoms with Gasteiger partial charge in [0.1, 0.15) is 0 Å². The van der Waals surface area contributed by atoms with Gasteiger partial charge in [0.05, 0.1) is 12.4 Å². The van der Waals surface area contributed by atoms with Gasteiger partial charge in [-0.05, 0) is 6.92 Å². The number of rotatable bonds is 5. The maximum Gasteiger partial charge on any atom is 0.225 e. The maximum absolute atomic E-state index is 11.4. The molecule has 3 heteroatoms. The Bertz CT molecular complexity index is 187. The van der Waals surface area contributed by atoms with Gasteiger partial charge in [0.25, 0.3) is 0 Å². The molecule has 0 N–H and O–H groups in total. The number of hydrogen-bond donors (Lipinski definition) is 0. The first kappa shape index (κ1) is 12.0. The normalized spacial score (nSPS) is 12.0. The molecular weight excluding hydrogens is 166 g/mol. The van der Waals surface area contributed by atoms with E-state index in [2.05, 4.69) is 6.58 Å². The van der Waals surface area contributed by atoms with E-state index in [1.54, 1.807) is 19.0 Å². The lowest BCUT2D eigenvalue weighted by atomic mass is 10.1. The molecule has 0 fully saturated rings. The Morgan fingerprint density at radius 2 is 2.08 bits per heavy atom. The smallest absolute Gasteiger partial charge is 0.225 e. The topological polar surface area (TPSA) is 29.5 Å². The summed E-state index contributed by atoms with van der Waals surface area (Å²) in [7, 11) is 3.50. The molecule has 0 aliphatic rings. The second kappa shape index (κ2) is 5.62. The molecule has 3 nitrogen and oxygen atoms in total. The average Bonchev–Trinajstić information content (AvgIpc) is 2.03. The third kappa shape index (κ3) is 4.55. The van der Waals surface area contributed by atoms with Crippen LogP contribution in [0.1, 0.15) is 20.3 Å². The first-order valence-corrected chi connectivity index (χ1v) is 4.50. The Hall–Kier alpha value is -0.990. The van der Waals surface area contributed by atoms with Gasteiger partial charge in [-0.15, -0.1) is 0 Å². The van der Waals surface area contributed by atoms with Gasteiger partial charge in [0, 0.05) is 26.4 Å². The molecule has 0 heterocycles. The molecule has 0 aromatic heterocycles. The summed E-state index contributed by atoms with van der Waals surface area (Å²) in [4.78, 5) is 13.0. The number of nitrogens with zero attached hydrogens (tertiary/aromatic N) is 1. The Morgan fingerprint density at radius 1 is 1.54 bits per heavy atom. The summed E-state index contributed by atoms with van der Waals surface area (Å²) >= 11 is 0. The van der Waals surface area contributed by atoms with Gasteiger partial charge in [-0.25, -0.2) is 0 Å². The quantitative estimate of drug-likeness (QED) is 0.609. The third-order valence-electron chi connectivity index (χ3n) is 1.74. The standard InChI is InChI=1S/C10H19NO2/c1-6-13-9(3)7-8(2)10(12)11(4)5/h8H,3,6-7H2,1-2,4-5H3. The van der Waals surface area contributed by atoms with Crippen LogP contribution in [0.2, 0.25) is 0 Å². The highest BCUT2D eigenvalue weighted by Crippen LogP contribution is 2.12. The fraction of sp³-hybridized carbons (Fsp3) is 0.700. The van der Waals surface area contributed by atoms with Crippen molar-refractivity contribution < 1.29 is 9.53 Å². The predicted octanol–water partition coefficient (Wildman–Crippen LogP) is 1.65. The van der Waals surface area contributed by atoms with Gasteiger partial charge in [-0.1, -0.05) is 13.5 Å². The van der Waals surface area contributed by atoms with Crippen LogP contribution in [-0.2, 0) is 9.53 Å². The second-order valence-electron chi connectivity index (χ2n) is 3.31. The molecule has 76 valence electrons. The van der Waals surface area contributed by atoms with Crippen molar-refractivity contribution >= 4 is 5.91 Å². The molecule has 1 atom stereocenters. The molecule has 0 aromatic rings. The summed E-state index contributed by atoms with van der Waals surface area (Å²) < 4.78 is 5.18. The molecule has 0 rings (SSSR count). The third-order valence-corrected chi connectivity index (χ3v) is 1.74. The molecule has 0 aromatic carbocycles. The molecule has 0 radical (unpaired) electrons. The van der Waals surface area contributed by atoms with Crippen LogP contribution in [0.25, 0.3) is 0 Å². The van der Waals surface area contributed by atoms with Gasteiger partial charge in [-0.2, -0.15) is 0 Å². The van der Waals surface area contributed by atoms with Gasteiger partial charge < -0.3 is 9.64 Å². The largest absolute Gasteiger partial charge is 0.499 e. The Labute approximate surface area is 80.4 Å². The van der Waals surface area contributed by atoms with Crippen LogP contribution < -0.4 is 0 Å². The highest BCUT2D eigenvalue weighted by molar-refractivity contribution is 5.78. The number of amides is 1. The second-order valence-corrected chi connectivity index (χ2v) is 3.31. The molecule has 0 saturated carbocycles. The zero-order valence-electron chi connectivity index (χ0n) is 8.96. The van der Waals surface area contributed by atoms with Gasteiger partial charge >= 0.3 is 0 Å². The first-order chi connectivity index (χ1) is 5.99. The van der Waals surface area contributed by atoms with Crippen molar-refractivity contribution in [1.82, 2.24) is 4.90 Å². The van der Waals surface area contributed by atoms with E-state index in [-0.39, 0.29) is 11.8 Å². The maximum atomic E-state index is 11.4. The summed E-state index contributed by atoms with van der Waals surface area (Å²) in [6.07, 6.45) is 0.602. The molecule has 0 saturated heterocycles. The average molecular weight is 185 g/mol. The van der Waals surface area contributed by atoms with Crippen molar-refractivity contribution in [2.45, 2.75) is 20.3 Å². The summed E-state index contributed by atoms with van der Waals surface area (Å²) in [5.41, 5.74) is 0. The summed E-state index contributed by atoms with van der Waals surface area (Å²) in [5.74, 6) is 0.750. The van der Waals surface area contributed by atoms with E-state index in [9.17, 15) is 4.79 Å². The van der Waals surface area contributed by atoms with E-state index in [0.29, 0.717) is 18.8 Å². The number of carbonyl (C=O) groups excluding carboxylic acids is 1. The van der Waals surface area contributed by atoms with Crippen molar-refractivity contribution in [3.8, 4) is 0 Å². The van der Waals surface area contributed by atoms with Crippen LogP contribution >= 0.6 is 0 Å². The lowest BCUT2D eigenvalue weighted by Crippen LogP contribution is -2.28. The molecule has 0 aliphatic carbocycles. The Balaban J connectivity index is 3.92. The van der Waals surface area contributed by atoms with E-state index in [4.69, 9.17) is 4.74 Å². The van der Waals surface area contributed by atoms with Crippen molar-refractivity contribution in [1.29, 1.82) is 0 Å².